The molecule has 0 aliphatic carbocycles. The third-order valence-electron chi connectivity index (χ3n) is 6.99. The summed E-state index contributed by atoms with van der Waals surface area (Å²) < 4.78 is 62.5. The Morgan fingerprint density at radius 2 is 1.96 bits per heavy atom. The average molecular weight is 669 g/mol. The molecule has 0 saturated carbocycles. The lowest BCUT2D eigenvalue weighted by Crippen LogP contribution is -2.41. The molecule has 2 amide bonds. The van der Waals surface area contributed by atoms with Gasteiger partial charge in [-0.3, -0.25) is 0 Å². The number of amides is 2. The number of hydrogen-bond acceptors (Lipinski definition) is 8. The largest absolute Gasteiger partial charge is 0.493 e. The highest BCUT2D eigenvalue weighted by atomic mass is 35.5. The number of aromatic nitrogens is 5. The lowest BCUT2D eigenvalue weighted by atomic mass is 9.90. The van der Waals surface area contributed by atoms with Crippen molar-refractivity contribution < 1.29 is 32.2 Å². The van der Waals surface area contributed by atoms with E-state index in [-0.39, 0.29) is 71.2 Å². The fourth-order valence-corrected chi connectivity index (χ4v) is 5.50. The summed E-state index contributed by atoms with van der Waals surface area (Å²) in [6, 6.07) is 4.98. The van der Waals surface area contributed by atoms with Crippen LogP contribution < -0.4 is 15.8 Å². The minimum atomic E-state index is -3.11. The number of hydrogen-bond donors (Lipinski definition) is 3. The van der Waals surface area contributed by atoms with E-state index in [1.165, 1.54) is 34.4 Å². The van der Waals surface area contributed by atoms with Crippen LogP contribution in [0.1, 0.15) is 30.2 Å². The molecule has 5 rings (SSSR count). The van der Waals surface area contributed by atoms with Crippen LogP contribution in [-0.4, -0.2) is 59.8 Å². The van der Waals surface area contributed by atoms with Gasteiger partial charge in [0.25, 0.3) is 5.92 Å². The number of ether oxygens (including phenoxy) is 1. The number of urea groups is 1. The molecule has 0 radical (unpaired) electrons. The molecular formula is C28H26Cl2F4N8O3. The molecule has 45 heavy (non-hydrogen) atoms. The van der Waals surface area contributed by atoms with Crippen LogP contribution in [0.5, 0.6) is 5.75 Å². The van der Waals surface area contributed by atoms with E-state index in [9.17, 15) is 27.5 Å². The van der Waals surface area contributed by atoms with E-state index in [0.717, 1.165) is 12.1 Å². The number of aliphatic hydroxyl groups is 1. The third-order valence-corrected chi connectivity index (χ3v) is 7.50. The molecule has 2 aromatic heterocycles. The molecule has 0 unspecified atom stereocenters. The van der Waals surface area contributed by atoms with Crippen LogP contribution in [0.15, 0.2) is 43.0 Å². The Morgan fingerprint density at radius 1 is 1.18 bits per heavy atom. The first kappa shape index (κ1) is 32.2. The molecule has 2 aromatic carbocycles. The predicted molar refractivity (Wildman–Crippen MR) is 156 cm³/mol. The number of anilines is 1. The lowest BCUT2D eigenvalue weighted by Gasteiger charge is -2.29. The lowest BCUT2D eigenvalue weighted by molar-refractivity contribution is -0.00789. The predicted octanol–water partition coefficient (Wildman–Crippen LogP) is 4.94. The smallest absolute Gasteiger partial charge is 0.318 e. The van der Waals surface area contributed by atoms with Gasteiger partial charge < -0.3 is 25.8 Å². The maximum Gasteiger partial charge on any atom is 0.318 e. The van der Waals surface area contributed by atoms with Crippen molar-refractivity contribution in [3.8, 4) is 17.0 Å². The van der Waals surface area contributed by atoms with Crippen LogP contribution in [-0.2, 0) is 25.2 Å². The first-order chi connectivity index (χ1) is 21.2. The van der Waals surface area contributed by atoms with Crippen molar-refractivity contribution in [2.75, 3.05) is 18.9 Å². The maximum absolute atomic E-state index is 14.9. The molecule has 1 aliphatic rings. The van der Waals surface area contributed by atoms with Crippen molar-refractivity contribution in [1.29, 1.82) is 0 Å². The van der Waals surface area contributed by atoms with Gasteiger partial charge in [0.15, 0.2) is 0 Å². The number of benzene rings is 2. The van der Waals surface area contributed by atoms with E-state index in [4.69, 9.17) is 33.7 Å². The van der Waals surface area contributed by atoms with Crippen molar-refractivity contribution in [2.24, 2.45) is 0 Å². The van der Waals surface area contributed by atoms with Crippen molar-refractivity contribution >= 4 is 35.2 Å². The quantitative estimate of drug-likeness (QED) is 0.202. The van der Waals surface area contributed by atoms with Crippen molar-refractivity contribution in [1.82, 2.24) is 34.9 Å². The number of rotatable bonds is 10. The molecule has 17 heteroatoms. The van der Waals surface area contributed by atoms with Crippen LogP contribution in [0.2, 0.25) is 10.0 Å². The van der Waals surface area contributed by atoms with Gasteiger partial charge in [-0.25, -0.2) is 42.0 Å². The highest BCUT2D eigenvalue weighted by molar-refractivity contribution is 6.37. The molecule has 0 spiro atoms. The number of nitrogens with zero attached hydrogens (tertiary/aromatic N) is 6. The van der Waals surface area contributed by atoms with Gasteiger partial charge in [-0.2, -0.15) is 5.10 Å². The van der Waals surface area contributed by atoms with Gasteiger partial charge in [0, 0.05) is 35.6 Å². The molecule has 3 heterocycles. The van der Waals surface area contributed by atoms with Crippen LogP contribution in [0.3, 0.4) is 0 Å². The van der Waals surface area contributed by atoms with E-state index in [0.29, 0.717) is 24.2 Å². The van der Waals surface area contributed by atoms with Crippen molar-refractivity contribution in [3.05, 3.63) is 81.5 Å². The van der Waals surface area contributed by atoms with Gasteiger partial charge in [0.2, 0.25) is 5.95 Å². The maximum atomic E-state index is 14.9. The number of alkyl halides is 2. The number of nitrogens with one attached hydrogen (secondary N) is 1. The summed E-state index contributed by atoms with van der Waals surface area (Å²) >= 11 is 12.9. The Balaban J connectivity index is 1.44. The zero-order chi connectivity index (χ0) is 32.5. The van der Waals surface area contributed by atoms with E-state index in [1.54, 1.807) is 0 Å². The van der Waals surface area contributed by atoms with Gasteiger partial charge in [-0.15, -0.1) is 0 Å². The fraction of sp³-hybridized carbons (Fsp3) is 0.321. The summed E-state index contributed by atoms with van der Waals surface area (Å²) in [5.41, 5.74) is 5.16. The Kier molecular flexibility index (Phi) is 9.05. The highest BCUT2D eigenvalue weighted by Crippen LogP contribution is 2.43. The summed E-state index contributed by atoms with van der Waals surface area (Å²) in [6.45, 7) is -0.715. The second-order valence-corrected chi connectivity index (χ2v) is 11.4. The number of carbonyl (C=O) groups excluding carboxylic acids is 1. The normalized spacial score (nSPS) is 14.3. The Morgan fingerprint density at radius 3 is 2.64 bits per heavy atom. The Bertz CT molecular complexity index is 1730. The second-order valence-electron chi connectivity index (χ2n) is 10.5. The topological polar surface area (TPSA) is 144 Å². The van der Waals surface area contributed by atoms with Crippen LogP contribution in [0.25, 0.3) is 11.3 Å². The highest BCUT2D eigenvalue weighted by Gasteiger charge is 2.35. The van der Waals surface area contributed by atoms with E-state index < -0.39 is 35.7 Å². The number of fused-ring (bicyclic) bond motifs is 1. The Hall–Kier alpha value is -4.21. The molecule has 4 aromatic rings. The molecule has 0 saturated heterocycles. The summed E-state index contributed by atoms with van der Waals surface area (Å²) in [7, 11) is 0. The van der Waals surface area contributed by atoms with Crippen LogP contribution in [0, 0.1) is 11.6 Å². The SMILES string of the molecule is CC(F)(F)CNC(=O)N1Cc2nc(N)nc(-c3c(Cl)cc(Cl)cc3OCC[C@](O)(Cn3cncn3)c3ccc(F)cc3F)c2C1. The number of nitrogens with two attached hydrogens (primary N) is 1. The van der Waals surface area contributed by atoms with Crippen LogP contribution >= 0.6 is 23.2 Å². The van der Waals surface area contributed by atoms with Crippen molar-refractivity contribution in [3.63, 3.8) is 0 Å². The third kappa shape index (κ3) is 7.37. The molecule has 0 fully saturated rings. The molecule has 4 N–H and O–H groups in total. The minimum absolute atomic E-state index is 0.0316. The van der Waals surface area contributed by atoms with Gasteiger partial charge in [0.05, 0.1) is 54.8 Å². The van der Waals surface area contributed by atoms with Gasteiger partial charge >= 0.3 is 6.03 Å². The van der Waals surface area contributed by atoms with Crippen LogP contribution in [0.4, 0.5) is 28.3 Å². The summed E-state index contributed by atoms with van der Waals surface area (Å²) in [4.78, 5) is 26.3. The van der Waals surface area contributed by atoms with Gasteiger partial charge in [0.1, 0.15) is 35.6 Å². The summed E-state index contributed by atoms with van der Waals surface area (Å²) in [6.07, 6.45) is 2.37. The summed E-state index contributed by atoms with van der Waals surface area (Å²) in [5.74, 6) is -4.91. The first-order valence-electron chi connectivity index (χ1n) is 13.4. The van der Waals surface area contributed by atoms with E-state index >= 15 is 0 Å². The monoisotopic (exact) mass is 668 g/mol. The van der Waals surface area contributed by atoms with E-state index in [2.05, 4.69) is 25.4 Å². The molecular weight excluding hydrogens is 643 g/mol. The minimum Gasteiger partial charge on any atom is -0.493 e. The zero-order valence-corrected chi connectivity index (χ0v) is 25.1. The number of carbonyl (C=O) groups is 1. The fourth-order valence-electron chi connectivity index (χ4n) is 4.94. The molecule has 11 nitrogen and oxygen atoms in total. The second kappa shape index (κ2) is 12.7. The summed E-state index contributed by atoms with van der Waals surface area (Å²) in [5, 5.41) is 18.1. The molecule has 1 aliphatic heterocycles. The average Bonchev–Trinajstić information content (AvgIpc) is 3.60. The molecule has 238 valence electrons. The standard InChI is InChI=1S/C28H26Cl2F4N8O3/c1-27(33,34)11-37-26(43)41-9-17-21(10-41)39-25(35)40-24(17)23-19(30)6-15(29)7-22(23)45-5-4-28(44,12-42-14-36-13-38-42)18-3-2-16(31)8-20(18)32/h2-3,6-8,13-14,44H,4-5,9-12H2,1H3,(H,37,43)(H2,35,39,40)/t28-/m0/s1. The van der Waals surface area contributed by atoms with Gasteiger partial charge in [-0.1, -0.05) is 29.3 Å². The Labute approximate surface area is 264 Å². The van der Waals surface area contributed by atoms with Crippen molar-refractivity contribution in [2.45, 2.75) is 44.5 Å². The first-order valence-corrected chi connectivity index (χ1v) is 14.2. The van der Waals surface area contributed by atoms with E-state index in [1.807, 2.05) is 0 Å². The van der Waals surface area contributed by atoms with Gasteiger partial charge in [-0.05, 0) is 18.2 Å². The number of halogens is 6. The zero-order valence-electron chi connectivity index (χ0n) is 23.6. The molecule has 0 bridgehead atoms. The molecule has 1 atom stereocenters. The number of nitrogen functional groups attached to an aromatic ring is 1.